The van der Waals surface area contributed by atoms with Crippen molar-refractivity contribution in [3.05, 3.63) is 41.3 Å². The monoisotopic (exact) mass is 266 g/mol. The van der Waals surface area contributed by atoms with Crippen molar-refractivity contribution in [2.75, 3.05) is 5.33 Å². The molecule has 0 radical (unpaired) electrons. The van der Waals surface area contributed by atoms with Crippen LogP contribution in [-0.4, -0.2) is 5.33 Å². The summed E-state index contributed by atoms with van der Waals surface area (Å²) < 4.78 is 1.37. The first-order chi connectivity index (χ1) is 6.90. The predicted octanol–water partition coefficient (Wildman–Crippen LogP) is 4.70. The Morgan fingerprint density at radius 1 is 1.29 bits per heavy atom. The zero-order chi connectivity index (χ0) is 9.80. The number of halogens is 1. The highest BCUT2D eigenvalue weighted by atomic mass is 79.9. The largest absolute Gasteiger partial charge is 0.136 e. The van der Waals surface area contributed by atoms with Crippen LogP contribution in [0.1, 0.15) is 11.3 Å². The third-order valence-electron chi connectivity index (χ3n) is 2.00. The quantitative estimate of drug-likeness (QED) is 0.707. The summed E-state index contributed by atoms with van der Waals surface area (Å²) in [6.07, 6.45) is 5.50. The van der Waals surface area contributed by atoms with Crippen molar-refractivity contribution < 1.29 is 0 Å². The first kappa shape index (κ1) is 9.94. The van der Waals surface area contributed by atoms with Crippen molar-refractivity contribution >= 4 is 43.4 Å². The Labute approximate surface area is 96.4 Å². The van der Waals surface area contributed by atoms with Crippen molar-refractivity contribution in [3.63, 3.8) is 0 Å². The number of thiophene rings is 1. The molecule has 0 amide bonds. The topological polar surface area (TPSA) is 0 Å². The summed E-state index contributed by atoms with van der Waals surface area (Å²) in [6, 6.07) is 10.7. The van der Waals surface area contributed by atoms with Gasteiger partial charge in [0.2, 0.25) is 0 Å². The number of rotatable bonds is 3. The van der Waals surface area contributed by atoms with E-state index < -0.39 is 0 Å². The lowest BCUT2D eigenvalue weighted by atomic mass is 10.2. The lowest BCUT2D eigenvalue weighted by molar-refractivity contribution is 1.27. The third-order valence-corrected chi connectivity index (χ3v) is 3.54. The SMILES string of the molecule is BrCCC=Cc1cc2ccccc2s1. The van der Waals surface area contributed by atoms with Crippen LogP contribution in [-0.2, 0) is 0 Å². The smallest absolute Gasteiger partial charge is 0.0349 e. The van der Waals surface area contributed by atoms with Gasteiger partial charge in [0.15, 0.2) is 0 Å². The van der Waals surface area contributed by atoms with E-state index in [0.29, 0.717) is 0 Å². The predicted molar refractivity (Wildman–Crippen MR) is 69.3 cm³/mol. The molecule has 0 aliphatic heterocycles. The Morgan fingerprint density at radius 2 is 2.14 bits per heavy atom. The molecule has 0 aliphatic rings. The molecule has 1 aromatic heterocycles. The maximum atomic E-state index is 3.41. The summed E-state index contributed by atoms with van der Waals surface area (Å²) in [6.45, 7) is 0. The molecule has 0 aliphatic carbocycles. The van der Waals surface area contributed by atoms with Crippen LogP contribution >= 0.6 is 27.3 Å². The summed E-state index contributed by atoms with van der Waals surface area (Å²) in [7, 11) is 0. The van der Waals surface area contributed by atoms with Crippen LogP contribution in [0.3, 0.4) is 0 Å². The van der Waals surface area contributed by atoms with E-state index in [1.54, 1.807) is 0 Å². The van der Waals surface area contributed by atoms with Crippen LogP contribution < -0.4 is 0 Å². The molecule has 1 heterocycles. The van der Waals surface area contributed by atoms with E-state index in [9.17, 15) is 0 Å². The van der Waals surface area contributed by atoms with Crippen molar-refractivity contribution in [2.45, 2.75) is 6.42 Å². The molecule has 2 aromatic rings. The van der Waals surface area contributed by atoms with Crippen LogP contribution in [0.25, 0.3) is 16.2 Å². The lowest BCUT2D eigenvalue weighted by Crippen LogP contribution is -1.64. The van der Waals surface area contributed by atoms with Gasteiger partial charge in [-0.15, -0.1) is 11.3 Å². The number of hydrogen-bond acceptors (Lipinski definition) is 1. The van der Waals surface area contributed by atoms with E-state index in [4.69, 9.17) is 0 Å². The van der Waals surface area contributed by atoms with Gasteiger partial charge in [0.25, 0.3) is 0 Å². The fraction of sp³-hybridized carbons (Fsp3) is 0.167. The molecule has 0 bridgehead atoms. The molecule has 0 unspecified atom stereocenters. The number of allylic oxidation sites excluding steroid dienone is 1. The third kappa shape index (κ3) is 2.25. The second kappa shape index (κ2) is 4.76. The highest BCUT2D eigenvalue weighted by molar-refractivity contribution is 9.09. The normalized spacial score (nSPS) is 11.5. The van der Waals surface area contributed by atoms with Crippen molar-refractivity contribution in [3.8, 4) is 0 Å². The summed E-state index contributed by atoms with van der Waals surface area (Å²) in [4.78, 5) is 1.34. The molecule has 0 saturated carbocycles. The molecular weight excluding hydrogens is 256 g/mol. The number of hydrogen-bond donors (Lipinski definition) is 0. The van der Waals surface area contributed by atoms with Gasteiger partial charge in [-0.3, -0.25) is 0 Å². The van der Waals surface area contributed by atoms with Gasteiger partial charge in [0.05, 0.1) is 0 Å². The minimum atomic E-state index is 1.04. The van der Waals surface area contributed by atoms with Crippen molar-refractivity contribution in [1.29, 1.82) is 0 Å². The van der Waals surface area contributed by atoms with Crippen LogP contribution in [0.4, 0.5) is 0 Å². The van der Waals surface area contributed by atoms with Gasteiger partial charge in [0, 0.05) is 14.9 Å². The number of fused-ring (bicyclic) bond motifs is 1. The Morgan fingerprint density at radius 3 is 2.93 bits per heavy atom. The second-order valence-electron chi connectivity index (χ2n) is 3.07. The van der Waals surface area contributed by atoms with Crippen LogP contribution in [0.15, 0.2) is 36.4 Å². The van der Waals surface area contributed by atoms with Gasteiger partial charge in [-0.25, -0.2) is 0 Å². The van der Waals surface area contributed by atoms with Crippen molar-refractivity contribution in [2.24, 2.45) is 0 Å². The van der Waals surface area contributed by atoms with Gasteiger partial charge in [-0.2, -0.15) is 0 Å². The summed E-state index contributed by atoms with van der Waals surface area (Å²) in [5.41, 5.74) is 0. The Balaban J connectivity index is 2.27. The zero-order valence-corrected chi connectivity index (χ0v) is 10.1. The van der Waals surface area contributed by atoms with E-state index in [0.717, 1.165) is 11.8 Å². The fourth-order valence-corrected chi connectivity index (χ4v) is 2.61. The number of benzene rings is 1. The molecule has 2 heteroatoms. The number of alkyl halides is 1. The first-order valence-corrected chi connectivity index (χ1v) is 6.55. The maximum Gasteiger partial charge on any atom is 0.0349 e. The van der Waals surface area contributed by atoms with E-state index in [2.05, 4.69) is 58.4 Å². The molecule has 72 valence electrons. The van der Waals surface area contributed by atoms with E-state index >= 15 is 0 Å². The summed E-state index contributed by atoms with van der Waals surface area (Å²) >= 11 is 5.26. The van der Waals surface area contributed by atoms with Crippen molar-refractivity contribution in [1.82, 2.24) is 0 Å². The van der Waals surface area contributed by atoms with E-state index in [1.807, 2.05) is 11.3 Å². The van der Waals surface area contributed by atoms with Gasteiger partial charge in [-0.1, -0.05) is 40.2 Å². The maximum absolute atomic E-state index is 3.41. The van der Waals surface area contributed by atoms with Gasteiger partial charge >= 0.3 is 0 Å². The van der Waals surface area contributed by atoms with Gasteiger partial charge < -0.3 is 0 Å². The summed E-state index contributed by atoms with van der Waals surface area (Å²) in [5, 5.41) is 2.38. The first-order valence-electron chi connectivity index (χ1n) is 4.61. The zero-order valence-electron chi connectivity index (χ0n) is 7.74. The highest BCUT2D eigenvalue weighted by Crippen LogP contribution is 2.26. The average Bonchev–Trinajstić information content (AvgIpc) is 2.60. The molecule has 0 N–H and O–H groups in total. The molecule has 14 heavy (non-hydrogen) atoms. The average molecular weight is 267 g/mol. The van der Waals surface area contributed by atoms with Crippen LogP contribution in [0, 0.1) is 0 Å². The molecule has 0 spiro atoms. The molecule has 0 atom stereocenters. The van der Waals surface area contributed by atoms with Crippen LogP contribution in [0.5, 0.6) is 0 Å². The minimum Gasteiger partial charge on any atom is -0.136 e. The van der Waals surface area contributed by atoms with Gasteiger partial charge in [0.1, 0.15) is 0 Å². The summed E-state index contributed by atoms with van der Waals surface area (Å²) in [5.74, 6) is 0. The van der Waals surface area contributed by atoms with E-state index in [1.165, 1.54) is 15.0 Å². The second-order valence-corrected chi connectivity index (χ2v) is 4.97. The standard InChI is InChI=1S/C12H11BrS/c13-8-4-3-6-11-9-10-5-1-2-7-12(10)14-11/h1-3,5-7,9H,4,8H2. The molecule has 0 nitrogen and oxygen atoms in total. The van der Waals surface area contributed by atoms with Gasteiger partial charge in [-0.05, 0) is 30.0 Å². The Bertz CT molecular complexity index is 409. The van der Waals surface area contributed by atoms with E-state index in [-0.39, 0.29) is 0 Å². The lowest BCUT2D eigenvalue weighted by Gasteiger charge is -1.82. The van der Waals surface area contributed by atoms with Crippen LogP contribution in [0.2, 0.25) is 0 Å². The molecular formula is C12H11BrS. The Kier molecular flexibility index (Phi) is 3.38. The Hall–Kier alpha value is -0.600. The minimum absolute atomic E-state index is 1.04. The highest BCUT2D eigenvalue weighted by Gasteiger charge is 1.96. The fourth-order valence-electron chi connectivity index (χ4n) is 1.35. The molecule has 0 fully saturated rings. The molecule has 0 saturated heterocycles. The molecule has 1 aromatic carbocycles. The molecule has 2 rings (SSSR count).